The summed E-state index contributed by atoms with van der Waals surface area (Å²) >= 11 is 0. The fourth-order valence-electron chi connectivity index (χ4n) is 3.02. The molecule has 0 bridgehead atoms. The molecule has 0 saturated carbocycles. The van der Waals surface area contributed by atoms with Gasteiger partial charge >= 0.3 is 0 Å². The summed E-state index contributed by atoms with van der Waals surface area (Å²) in [6.07, 6.45) is 0. The smallest absolute Gasteiger partial charge is 0.274 e. The number of aliphatic imine (C=N–C) groups is 1. The van der Waals surface area contributed by atoms with Crippen molar-refractivity contribution in [3.8, 4) is 0 Å². The monoisotopic (exact) mass is 401 g/mol. The lowest BCUT2D eigenvalue weighted by Crippen LogP contribution is -2.40. The molecule has 0 spiro atoms. The summed E-state index contributed by atoms with van der Waals surface area (Å²) in [6.45, 7) is 3.39. The molecule has 1 amide bonds. The van der Waals surface area contributed by atoms with Crippen molar-refractivity contribution in [2.45, 2.75) is 11.8 Å². The third-order valence-corrected chi connectivity index (χ3v) is 6.47. The maximum absolute atomic E-state index is 12.7. The molecule has 8 heteroatoms. The summed E-state index contributed by atoms with van der Waals surface area (Å²) in [5.41, 5.74) is 2.53. The van der Waals surface area contributed by atoms with E-state index in [1.54, 1.807) is 19.2 Å². The first-order valence-corrected chi connectivity index (χ1v) is 10.4. The molecule has 0 atom stereocenters. The van der Waals surface area contributed by atoms with Crippen LogP contribution in [0.4, 0.5) is 5.69 Å². The van der Waals surface area contributed by atoms with Crippen LogP contribution in [0.5, 0.6) is 0 Å². The topological polar surface area (TPSA) is 88.1 Å². The van der Waals surface area contributed by atoms with Crippen LogP contribution in [0, 0.1) is 6.92 Å². The molecule has 1 heterocycles. The van der Waals surface area contributed by atoms with E-state index < -0.39 is 10.0 Å². The first-order valence-electron chi connectivity index (χ1n) is 8.95. The highest BCUT2D eigenvalue weighted by Gasteiger charge is 2.26. The first kappa shape index (κ1) is 20.2. The highest BCUT2D eigenvalue weighted by molar-refractivity contribution is 7.89. The number of sulfonamides is 1. The van der Waals surface area contributed by atoms with Crippen LogP contribution < -0.4 is 5.32 Å². The lowest BCUT2D eigenvalue weighted by atomic mass is 10.0. The third kappa shape index (κ3) is 4.30. The Kier molecular flexibility index (Phi) is 6.23. The van der Waals surface area contributed by atoms with Crippen molar-refractivity contribution in [2.75, 3.05) is 38.7 Å². The van der Waals surface area contributed by atoms with Crippen molar-refractivity contribution in [1.29, 1.82) is 0 Å². The van der Waals surface area contributed by atoms with E-state index in [1.807, 2.05) is 31.2 Å². The quantitative estimate of drug-likeness (QED) is 0.777. The van der Waals surface area contributed by atoms with Gasteiger partial charge in [-0.2, -0.15) is 4.31 Å². The van der Waals surface area contributed by atoms with Gasteiger partial charge in [0.25, 0.3) is 5.91 Å². The lowest BCUT2D eigenvalue weighted by Gasteiger charge is -2.26. The van der Waals surface area contributed by atoms with Crippen LogP contribution >= 0.6 is 0 Å². The zero-order valence-electron chi connectivity index (χ0n) is 15.9. The van der Waals surface area contributed by atoms with Gasteiger partial charge in [-0.1, -0.05) is 24.3 Å². The number of hydrogen-bond donors (Lipinski definition) is 1. The summed E-state index contributed by atoms with van der Waals surface area (Å²) in [7, 11) is -1.99. The third-order valence-electron chi connectivity index (χ3n) is 4.56. The number of morpholine rings is 1. The number of ether oxygens (including phenoxy) is 1. The Morgan fingerprint density at radius 2 is 1.71 bits per heavy atom. The second kappa shape index (κ2) is 8.64. The fourth-order valence-corrected chi connectivity index (χ4v) is 4.43. The van der Waals surface area contributed by atoms with Gasteiger partial charge in [0.1, 0.15) is 5.71 Å². The van der Waals surface area contributed by atoms with E-state index in [-0.39, 0.29) is 10.8 Å². The van der Waals surface area contributed by atoms with Gasteiger partial charge < -0.3 is 10.1 Å². The van der Waals surface area contributed by atoms with Crippen LogP contribution in [0.2, 0.25) is 0 Å². The van der Waals surface area contributed by atoms with Crippen LogP contribution in [0.1, 0.15) is 11.1 Å². The van der Waals surface area contributed by atoms with Crippen molar-refractivity contribution in [3.63, 3.8) is 0 Å². The molecule has 2 aromatic carbocycles. The average Bonchev–Trinajstić information content (AvgIpc) is 2.71. The standard InChI is InChI=1S/C20H23N3O4S/c1-15-5-3-4-6-18(15)19(21-2)20(24)22-16-7-9-17(10-8-16)28(25,26)23-11-13-27-14-12-23/h3-10H,11-14H2,1-2H3,(H,22,24). The number of hydrogen-bond acceptors (Lipinski definition) is 5. The van der Waals surface area contributed by atoms with Gasteiger partial charge in [0.15, 0.2) is 0 Å². The van der Waals surface area contributed by atoms with Crippen LogP contribution in [0.25, 0.3) is 0 Å². The van der Waals surface area contributed by atoms with Crippen molar-refractivity contribution in [3.05, 3.63) is 59.7 Å². The number of rotatable bonds is 5. The Labute approximate surface area is 165 Å². The van der Waals surface area contributed by atoms with Crippen LogP contribution in [0.15, 0.2) is 58.4 Å². The molecule has 1 aliphatic heterocycles. The number of benzene rings is 2. The number of carbonyl (C=O) groups is 1. The first-order chi connectivity index (χ1) is 13.4. The van der Waals surface area contributed by atoms with Crippen molar-refractivity contribution >= 4 is 27.3 Å². The number of nitrogens with zero attached hydrogens (tertiary/aromatic N) is 2. The van der Waals surface area contributed by atoms with Gasteiger partial charge in [-0.15, -0.1) is 0 Å². The van der Waals surface area contributed by atoms with Gasteiger partial charge in [-0.05, 0) is 36.8 Å². The van der Waals surface area contributed by atoms with Crippen LogP contribution in [-0.2, 0) is 19.6 Å². The predicted molar refractivity (Wildman–Crippen MR) is 108 cm³/mol. The molecule has 1 fully saturated rings. The molecule has 0 aliphatic carbocycles. The normalized spacial score (nSPS) is 16.0. The summed E-state index contributed by atoms with van der Waals surface area (Å²) < 4.78 is 31.9. The number of anilines is 1. The number of aryl methyl sites for hydroxylation is 1. The Morgan fingerprint density at radius 3 is 2.32 bits per heavy atom. The van der Waals surface area contributed by atoms with Crippen molar-refractivity contribution in [2.24, 2.45) is 4.99 Å². The van der Waals surface area contributed by atoms with E-state index in [1.165, 1.54) is 16.4 Å². The highest BCUT2D eigenvalue weighted by Crippen LogP contribution is 2.20. The summed E-state index contributed by atoms with van der Waals surface area (Å²) in [5.74, 6) is -0.347. The average molecular weight is 401 g/mol. The Morgan fingerprint density at radius 1 is 1.07 bits per heavy atom. The molecule has 7 nitrogen and oxygen atoms in total. The van der Waals surface area contributed by atoms with Crippen molar-refractivity contribution in [1.82, 2.24) is 4.31 Å². The van der Waals surface area contributed by atoms with Gasteiger partial charge in [-0.25, -0.2) is 8.42 Å². The molecular formula is C20H23N3O4S. The number of nitrogens with one attached hydrogen (secondary N) is 1. The van der Waals surface area contributed by atoms with E-state index in [2.05, 4.69) is 10.3 Å². The molecule has 3 rings (SSSR count). The van der Waals surface area contributed by atoms with Crippen LogP contribution in [-0.4, -0.2) is 57.7 Å². The zero-order chi connectivity index (χ0) is 20.1. The maximum atomic E-state index is 12.7. The largest absolute Gasteiger partial charge is 0.379 e. The highest BCUT2D eigenvalue weighted by atomic mass is 32.2. The van der Waals surface area contributed by atoms with E-state index >= 15 is 0 Å². The molecule has 1 aliphatic rings. The summed E-state index contributed by atoms with van der Waals surface area (Å²) in [4.78, 5) is 17.0. The Hall–Kier alpha value is -2.55. The maximum Gasteiger partial charge on any atom is 0.274 e. The predicted octanol–water partition coefficient (Wildman–Crippen LogP) is 2.07. The van der Waals surface area contributed by atoms with Crippen LogP contribution in [0.3, 0.4) is 0 Å². The van der Waals surface area contributed by atoms with E-state index in [0.717, 1.165) is 11.1 Å². The molecular weight excluding hydrogens is 378 g/mol. The van der Waals surface area contributed by atoms with E-state index in [4.69, 9.17) is 4.74 Å². The van der Waals surface area contributed by atoms with Gasteiger partial charge in [-0.3, -0.25) is 9.79 Å². The minimum atomic E-state index is -3.56. The second-order valence-electron chi connectivity index (χ2n) is 6.38. The molecule has 148 valence electrons. The summed E-state index contributed by atoms with van der Waals surface area (Å²) in [5, 5.41) is 2.78. The molecule has 0 aromatic heterocycles. The molecule has 1 saturated heterocycles. The number of amides is 1. The Bertz CT molecular complexity index is 979. The minimum absolute atomic E-state index is 0.190. The van der Waals surface area contributed by atoms with E-state index in [0.29, 0.717) is 37.7 Å². The zero-order valence-corrected chi connectivity index (χ0v) is 16.7. The van der Waals surface area contributed by atoms with Gasteiger partial charge in [0.2, 0.25) is 10.0 Å². The fraction of sp³-hybridized carbons (Fsp3) is 0.300. The minimum Gasteiger partial charge on any atom is -0.379 e. The number of carbonyl (C=O) groups excluding carboxylic acids is 1. The van der Waals surface area contributed by atoms with Crippen molar-refractivity contribution < 1.29 is 17.9 Å². The molecule has 0 unspecified atom stereocenters. The Balaban J connectivity index is 1.75. The molecule has 0 radical (unpaired) electrons. The van der Waals surface area contributed by atoms with E-state index in [9.17, 15) is 13.2 Å². The molecule has 1 N–H and O–H groups in total. The summed E-state index contributed by atoms with van der Waals surface area (Å²) in [6, 6.07) is 13.7. The van der Waals surface area contributed by atoms with Gasteiger partial charge in [0.05, 0.1) is 18.1 Å². The van der Waals surface area contributed by atoms with Gasteiger partial charge in [0, 0.05) is 31.4 Å². The SMILES string of the molecule is CN=C(C(=O)Nc1ccc(S(=O)(=O)N2CCOCC2)cc1)c1ccccc1C. The molecule has 28 heavy (non-hydrogen) atoms. The molecule has 2 aromatic rings. The lowest BCUT2D eigenvalue weighted by molar-refractivity contribution is -0.110. The second-order valence-corrected chi connectivity index (χ2v) is 8.32.